The summed E-state index contributed by atoms with van der Waals surface area (Å²) in [6.45, 7) is 0. The number of rotatable bonds is 3. The third-order valence-corrected chi connectivity index (χ3v) is 3.41. The largest absolute Gasteiger partial charge is 0.493 e. The molecule has 0 saturated heterocycles. The van der Waals surface area contributed by atoms with Crippen molar-refractivity contribution in [3.63, 3.8) is 0 Å². The summed E-state index contributed by atoms with van der Waals surface area (Å²) in [6, 6.07) is 4.64. The van der Waals surface area contributed by atoms with Gasteiger partial charge in [-0.25, -0.2) is 14.3 Å². The first-order chi connectivity index (χ1) is 10.0. The molecule has 2 aromatic heterocycles. The van der Waals surface area contributed by atoms with Crippen LogP contribution in [0.1, 0.15) is 11.4 Å². The molecule has 0 aliphatic carbocycles. The number of aromatic hydroxyl groups is 1. The Bertz CT molecular complexity index is 816. The Morgan fingerprint density at radius 1 is 1.24 bits per heavy atom. The predicted molar refractivity (Wildman–Crippen MR) is 79.5 cm³/mol. The first kappa shape index (κ1) is 13.8. The zero-order chi connectivity index (χ0) is 15.0. The number of halogens is 2. The second-order valence-electron chi connectivity index (χ2n) is 4.45. The molecule has 0 fully saturated rings. The van der Waals surface area contributed by atoms with Crippen molar-refractivity contribution in [3.8, 4) is 11.6 Å². The maximum atomic E-state index is 12.0. The molecule has 0 atom stereocenters. The number of H-pyrrole nitrogens is 2. The van der Waals surface area contributed by atoms with E-state index in [9.17, 15) is 9.90 Å². The second-order valence-corrected chi connectivity index (χ2v) is 5.32. The number of imidazole rings is 2. The van der Waals surface area contributed by atoms with Gasteiger partial charge in [-0.1, -0.05) is 23.2 Å². The summed E-state index contributed by atoms with van der Waals surface area (Å²) >= 11 is 11.8. The number of nitrogens with zero attached hydrogens (tertiary/aromatic N) is 2. The van der Waals surface area contributed by atoms with Crippen LogP contribution in [0.25, 0.3) is 5.69 Å². The van der Waals surface area contributed by atoms with Gasteiger partial charge in [0.2, 0.25) is 5.88 Å². The molecule has 0 aliphatic heterocycles. The number of benzene rings is 1. The first-order valence-electron chi connectivity index (χ1n) is 6.01. The van der Waals surface area contributed by atoms with Gasteiger partial charge in [0.25, 0.3) is 0 Å². The van der Waals surface area contributed by atoms with Crippen molar-refractivity contribution in [1.82, 2.24) is 19.5 Å². The minimum atomic E-state index is -0.472. The molecule has 6 nitrogen and oxygen atoms in total. The van der Waals surface area contributed by atoms with E-state index in [1.54, 1.807) is 24.4 Å². The smallest absolute Gasteiger partial charge is 0.333 e. The van der Waals surface area contributed by atoms with Gasteiger partial charge in [0.15, 0.2) is 0 Å². The van der Waals surface area contributed by atoms with Crippen LogP contribution < -0.4 is 5.69 Å². The van der Waals surface area contributed by atoms with Crippen LogP contribution in [-0.2, 0) is 6.42 Å². The van der Waals surface area contributed by atoms with Crippen LogP contribution in [-0.4, -0.2) is 24.6 Å². The second kappa shape index (κ2) is 5.31. The number of hydrogen-bond acceptors (Lipinski definition) is 3. The van der Waals surface area contributed by atoms with Gasteiger partial charge in [-0.2, -0.15) is 0 Å². The molecule has 1 aromatic carbocycles. The van der Waals surface area contributed by atoms with Crippen molar-refractivity contribution >= 4 is 23.2 Å². The molecule has 0 aliphatic rings. The standard InChI is InChI=1S/C13H10Cl2N4O2/c14-7-1-8(15)3-10(2-7)19-12(20)11(18-13(19)21)4-9-5-16-6-17-9/h1-3,5-6,20H,4H2,(H,16,17)(H,18,21). The molecule has 108 valence electrons. The third kappa shape index (κ3) is 2.68. The lowest BCUT2D eigenvalue weighted by Crippen LogP contribution is -2.14. The molecule has 0 bridgehead atoms. The highest BCUT2D eigenvalue weighted by Gasteiger charge is 2.16. The Labute approximate surface area is 129 Å². The molecule has 0 amide bonds. The lowest BCUT2D eigenvalue weighted by atomic mass is 10.2. The molecule has 0 unspecified atom stereocenters. The summed E-state index contributed by atoms with van der Waals surface area (Å²) in [5, 5.41) is 11.0. The van der Waals surface area contributed by atoms with Crippen molar-refractivity contribution in [2.24, 2.45) is 0 Å². The van der Waals surface area contributed by atoms with E-state index in [1.165, 1.54) is 6.33 Å². The topological polar surface area (TPSA) is 86.7 Å². The fourth-order valence-electron chi connectivity index (χ4n) is 2.08. The van der Waals surface area contributed by atoms with Gasteiger partial charge >= 0.3 is 5.69 Å². The fraction of sp³-hybridized carbons (Fsp3) is 0.0769. The lowest BCUT2D eigenvalue weighted by molar-refractivity contribution is 0.435. The van der Waals surface area contributed by atoms with Crippen molar-refractivity contribution in [1.29, 1.82) is 0 Å². The van der Waals surface area contributed by atoms with Crippen molar-refractivity contribution < 1.29 is 5.11 Å². The monoisotopic (exact) mass is 324 g/mol. The molecule has 8 heteroatoms. The van der Waals surface area contributed by atoms with E-state index in [1.807, 2.05) is 0 Å². The quantitative estimate of drug-likeness (QED) is 0.691. The summed E-state index contributed by atoms with van der Waals surface area (Å²) in [6.07, 6.45) is 3.46. The molecule has 21 heavy (non-hydrogen) atoms. The van der Waals surface area contributed by atoms with Gasteiger partial charge < -0.3 is 15.1 Å². The molecular weight excluding hydrogens is 315 g/mol. The van der Waals surface area contributed by atoms with Crippen molar-refractivity contribution in [3.05, 3.63) is 62.6 Å². The Hall–Kier alpha value is -2.18. The summed E-state index contributed by atoms with van der Waals surface area (Å²) in [5.41, 5.74) is 1.06. The van der Waals surface area contributed by atoms with Crippen LogP contribution >= 0.6 is 23.2 Å². The molecule has 3 rings (SSSR count). The normalized spacial score (nSPS) is 11.0. The van der Waals surface area contributed by atoms with Crippen LogP contribution in [0.15, 0.2) is 35.5 Å². The molecule has 2 heterocycles. The van der Waals surface area contributed by atoms with Gasteiger partial charge in [-0.05, 0) is 18.2 Å². The first-order valence-corrected chi connectivity index (χ1v) is 6.77. The van der Waals surface area contributed by atoms with E-state index in [4.69, 9.17) is 23.2 Å². The predicted octanol–water partition coefficient (Wildman–Crippen LogP) is 2.49. The average Bonchev–Trinajstić information content (AvgIpc) is 2.98. The SMILES string of the molecule is O=c1[nH]c(Cc2cnc[nH]2)c(O)n1-c1cc(Cl)cc(Cl)c1. The van der Waals surface area contributed by atoms with Crippen molar-refractivity contribution in [2.45, 2.75) is 6.42 Å². The van der Waals surface area contributed by atoms with Crippen LogP contribution in [0.5, 0.6) is 5.88 Å². The molecule has 0 spiro atoms. The number of aromatic amines is 2. The van der Waals surface area contributed by atoms with Gasteiger partial charge in [0, 0.05) is 28.4 Å². The average molecular weight is 325 g/mol. The summed E-state index contributed by atoms with van der Waals surface area (Å²) in [7, 11) is 0. The maximum Gasteiger partial charge on any atom is 0.333 e. The summed E-state index contributed by atoms with van der Waals surface area (Å²) in [4.78, 5) is 21.5. The molecule has 0 radical (unpaired) electrons. The van der Waals surface area contributed by atoms with E-state index in [0.717, 1.165) is 10.3 Å². The Kier molecular flexibility index (Phi) is 3.48. The molecular formula is C13H10Cl2N4O2. The molecule has 3 aromatic rings. The van der Waals surface area contributed by atoms with Crippen LogP contribution in [0.2, 0.25) is 10.0 Å². The highest BCUT2D eigenvalue weighted by Crippen LogP contribution is 2.25. The number of hydrogen-bond donors (Lipinski definition) is 3. The Morgan fingerprint density at radius 2 is 1.95 bits per heavy atom. The summed E-state index contributed by atoms with van der Waals surface area (Å²) in [5.74, 6) is -0.187. The lowest BCUT2D eigenvalue weighted by Gasteiger charge is -2.05. The Morgan fingerprint density at radius 3 is 2.57 bits per heavy atom. The van der Waals surface area contributed by atoms with E-state index >= 15 is 0 Å². The van der Waals surface area contributed by atoms with Crippen molar-refractivity contribution in [2.75, 3.05) is 0 Å². The van der Waals surface area contributed by atoms with Gasteiger partial charge in [-0.15, -0.1) is 0 Å². The molecule has 3 N–H and O–H groups in total. The van der Waals surface area contributed by atoms with Crippen LogP contribution in [0, 0.1) is 0 Å². The molecule has 0 saturated carbocycles. The zero-order valence-corrected chi connectivity index (χ0v) is 12.1. The van der Waals surface area contributed by atoms with Gasteiger partial charge in [-0.3, -0.25) is 0 Å². The van der Waals surface area contributed by atoms with E-state index < -0.39 is 5.69 Å². The minimum Gasteiger partial charge on any atom is -0.493 e. The number of nitrogens with one attached hydrogen (secondary N) is 2. The summed E-state index contributed by atoms with van der Waals surface area (Å²) < 4.78 is 1.11. The Balaban J connectivity index is 2.07. The number of aromatic nitrogens is 4. The van der Waals surface area contributed by atoms with Crippen LogP contribution in [0.3, 0.4) is 0 Å². The van der Waals surface area contributed by atoms with Crippen LogP contribution in [0.4, 0.5) is 0 Å². The fourth-order valence-corrected chi connectivity index (χ4v) is 2.59. The van der Waals surface area contributed by atoms with E-state index in [2.05, 4.69) is 15.0 Å². The highest BCUT2D eigenvalue weighted by atomic mass is 35.5. The van der Waals surface area contributed by atoms with E-state index in [0.29, 0.717) is 27.8 Å². The van der Waals surface area contributed by atoms with E-state index in [-0.39, 0.29) is 5.88 Å². The zero-order valence-electron chi connectivity index (χ0n) is 10.6. The minimum absolute atomic E-state index is 0.187. The van der Waals surface area contributed by atoms with Gasteiger partial charge in [0.1, 0.15) is 0 Å². The maximum absolute atomic E-state index is 12.0. The highest BCUT2D eigenvalue weighted by molar-refractivity contribution is 6.34. The van der Waals surface area contributed by atoms with Gasteiger partial charge in [0.05, 0.1) is 17.7 Å². The third-order valence-electron chi connectivity index (χ3n) is 2.97.